The van der Waals surface area contributed by atoms with E-state index >= 15 is 0 Å². The van der Waals surface area contributed by atoms with Gasteiger partial charge < -0.3 is 31.7 Å². The average Bonchev–Trinajstić information content (AvgIpc) is 2.54. The van der Waals surface area contributed by atoms with Crippen molar-refractivity contribution >= 4 is 41.0 Å². The van der Waals surface area contributed by atoms with Crippen LogP contribution < -0.4 is 22.1 Å². The molecule has 1 fully saturated rings. The topological polar surface area (TPSA) is 136 Å². The molecule has 0 bridgehead atoms. The lowest BCUT2D eigenvalue weighted by atomic mass is 10.2. The third kappa shape index (κ3) is 5.15. The number of ether oxygens (including phenoxy) is 1. The molecule has 0 spiro atoms. The molecule has 0 saturated carbocycles. The minimum atomic E-state index is -0.284. The van der Waals surface area contributed by atoms with E-state index in [2.05, 4.69) is 14.9 Å². The minimum Gasteiger partial charge on any atom is -0.450 e. The van der Waals surface area contributed by atoms with Crippen LogP contribution >= 0.6 is 11.6 Å². The summed E-state index contributed by atoms with van der Waals surface area (Å²) >= 11 is 6.36. The number of carbonyl (C=O) groups excluding carboxylic acids is 1. The van der Waals surface area contributed by atoms with E-state index in [9.17, 15) is 4.79 Å². The fourth-order valence-electron chi connectivity index (χ4n) is 2.46. The van der Waals surface area contributed by atoms with Crippen LogP contribution in [0.2, 0.25) is 5.02 Å². The largest absolute Gasteiger partial charge is 0.450 e. The number of aliphatic imine (C=N–C) groups is 2. The van der Waals surface area contributed by atoms with Crippen molar-refractivity contribution in [2.45, 2.75) is 6.92 Å². The van der Waals surface area contributed by atoms with Gasteiger partial charge in [0.1, 0.15) is 0 Å². The summed E-state index contributed by atoms with van der Waals surface area (Å²) in [5.41, 5.74) is 17.5. The molecular formula is C15H22ClN7O2. The van der Waals surface area contributed by atoms with Gasteiger partial charge in [0, 0.05) is 26.2 Å². The second-order valence-corrected chi connectivity index (χ2v) is 5.72. The first-order valence-electron chi connectivity index (χ1n) is 7.80. The first kappa shape index (κ1) is 18.7. The van der Waals surface area contributed by atoms with E-state index in [0.29, 0.717) is 43.5 Å². The van der Waals surface area contributed by atoms with Gasteiger partial charge in [-0.25, -0.2) is 9.79 Å². The molecule has 0 unspecified atom stereocenters. The van der Waals surface area contributed by atoms with Gasteiger partial charge in [-0.15, -0.1) is 0 Å². The van der Waals surface area contributed by atoms with Gasteiger partial charge >= 0.3 is 6.09 Å². The Morgan fingerprint density at radius 3 is 2.48 bits per heavy atom. The Balaban J connectivity index is 2.05. The number of amides is 1. The van der Waals surface area contributed by atoms with E-state index < -0.39 is 0 Å². The summed E-state index contributed by atoms with van der Waals surface area (Å²) < 4.78 is 5.01. The molecular weight excluding hydrogens is 346 g/mol. The molecule has 1 aromatic carbocycles. The molecule has 136 valence electrons. The molecule has 10 heteroatoms. The number of halogens is 1. The van der Waals surface area contributed by atoms with Gasteiger partial charge in [0.05, 0.1) is 23.0 Å². The third-order valence-corrected chi connectivity index (χ3v) is 3.87. The van der Waals surface area contributed by atoms with Gasteiger partial charge in [0.2, 0.25) is 5.96 Å². The van der Waals surface area contributed by atoms with Crippen LogP contribution in [0.3, 0.4) is 0 Å². The fourth-order valence-corrected chi connectivity index (χ4v) is 2.75. The van der Waals surface area contributed by atoms with Crippen LogP contribution in [0.15, 0.2) is 28.2 Å². The molecule has 6 N–H and O–H groups in total. The standard InChI is InChI=1S/C15H22ClN7O2/c1-2-25-15(24)23-7-5-22(6-8-23)12-4-3-10(9-11(12)16)20-14(19)21-13(17)18/h3-4,9H,2,5-8H2,1H3,(H6,17,18,19,20,21). The summed E-state index contributed by atoms with van der Waals surface area (Å²) in [6.07, 6.45) is -0.284. The van der Waals surface area contributed by atoms with Crippen molar-refractivity contribution in [3.63, 3.8) is 0 Å². The van der Waals surface area contributed by atoms with Crippen molar-refractivity contribution in [3.05, 3.63) is 23.2 Å². The van der Waals surface area contributed by atoms with Gasteiger partial charge in [-0.3, -0.25) is 0 Å². The highest BCUT2D eigenvalue weighted by atomic mass is 35.5. The minimum absolute atomic E-state index is 0.0492. The maximum atomic E-state index is 11.7. The monoisotopic (exact) mass is 367 g/mol. The molecule has 0 aliphatic carbocycles. The summed E-state index contributed by atoms with van der Waals surface area (Å²) in [7, 11) is 0. The lowest BCUT2D eigenvalue weighted by molar-refractivity contribution is 0.105. The average molecular weight is 368 g/mol. The Hall–Kier alpha value is -2.68. The van der Waals surface area contributed by atoms with Crippen LogP contribution in [0.5, 0.6) is 0 Å². The molecule has 0 radical (unpaired) electrons. The zero-order chi connectivity index (χ0) is 18.4. The summed E-state index contributed by atoms with van der Waals surface area (Å²) in [5.74, 6) is -0.213. The van der Waals surface area contributed by atoms with E-state index in [1.165, 1.54) is 0 Å². The highest BCUT2D eigenvalue weighted by Gasteiger charge is 2.23. The van der Waals surface area contributed by atoms with Gasteiger partial charge in [-0.2, -0.15) is 4.99 Å². The van der Waals surface area contributed by atoms with Gasteiger partial charge in [-0.1, -0.05) is 11.6 Å². The maximum Gasteiger partial charge on any atom is 0.409 e. The number of nitrogens with two attached hydrogens (primary N) is 3. The first-order valence-corrected chi connectivity index (χ1v) is 8.18. The Morgan fingerprint density at radius 1 is 1.24 bits per heavy atom. The number of carbonyl (C=O) groups is 1. The van der Waals surface area contributed by atoms with Crippen LogP contribution in [0.1, 0.15) is 6.92 Å². The highest BCUT2D eigenvalue weighted by molar-refractivity contribution is 6.33. The molecule has 1 saturated heterocycles. The summed E-state index contributed by atoms with van der Waals surface area (Å²) in [6.45, 7) is 4.64. The number of anilines is 1. The summed E-state index contributed by atoms with van der Waals surface area (Å²) in [6, 6.07) is 5.31. The maximum absolute atomic E-state index is 11.7. The molecule has 0 aromatic heterocycles. The number of nitrogens with zero attached hydrogens (tertiary/aromatic N) is 4. The van der Waals surface area contributed by atoms with Crippen molar-refractivity contribution in [3.8, 4) is 0 Å². The second kappa shape index (κ2) is 8.43. The van der Waals surface area contributed by atoms with E-state index in [0.717, 1.165) is 5.69 Å². The number of piperazine rings is 1. The van der Waals surface area contributed by atoms with Crippen LogP contribution in [0.4, 0.5) is 16.2 Å². The first-order chi connectivity index (χ1) is 11.9. The van der Waals surface area contributed by atoms with Crippen LogP contribution in [-0.2, 0) is 4.74 Å². The molecule has 25 heavy (non-hydrogen) atoms. The van der Waals surface area contributed by atoms with Crippen LogP contribution in [0, 0.1) is 0 Å². The molecule has 1 aliphatic rings. The van der Waals surface area contributed by atoms with Crippen molar-refractivity contribution < 1.29 is 9.53 Å². The Morgan fingerprint density at radius 2 is 1.92 bits per heavy atom. The molecule has 2 rings (SSSR count). The molecule has 9 nitrogen and oxygen atoms in total. The molecule has 1 aliphatic heterocycles. The Labute approximate surface area is 151 Å². The van der Waals surface area contributed by atoms with E-state index in [1.54, 1.807) is 24.0 Å². The zero-order valence-corrected chi connectivity index (χ0v) is 14.7. The molecule has 0 atom stereocenters. The Kier molecular flexibility index (Phi) is 6.29. The fraction of sp³-hybridized carbons (Fsp3) is 0.400. The van der Waals surface area contributed by atoms with Crippen LogP contribution in [-0.4, -0.2) is 55.7 Å². The van der Waals surface area contributed by atoms with Crippen molar-refractivity contribution in [1.29, 1.82) is 0 Å². The van der Waals surface area contributed by atoms with E-state index in [4.69, 9.17) is 33.5 Å². The number of hydrogen-bond acceptors (Lipinski definition) is 4. The second-order valence-electron chi connectivity index (χ2n) is 5.32. The van der Waals surface area contributed by atoms with E-state index in [1.807, 2.05) is 6.07 Å². The number of rotatable bonds is 3. The van der Waals surface area contributed by atoms with Gasteiger partial charge in [0.25, 0.3) is 0 Å². The summed E-state index contributed by atoms with van der Waals surface area (Å²) in [4.78, 5) is 23.2. The lowest BCUT2D eigenvalue weighted by Crippen LogP contribution is -2.49. The van der Waals surface area contributed by atoms with Crippen LogP contribution in [0.25, 0.3) is 0 Å². The normalized spacial score (nSPS) is 15.0. The molecule has 1 aromatic rings. The predicted molar refractivity (Wildman–Crippen MR) is 99.4 cm³/mol. The third-order valence-electron chi connectivity index (χ3n) is 3.56. The van der Waals surface area contributed by atoms with Gasteiger partial charge in [0.15, 0.2) is 5.96 Å². The summed E-state index contributed by atoms with van der Waals surface area (Å²) in [5, 5.41) is 0.531. The van der Waals surface area contributed by atoms with E-state index in [-0.39, 0.29) is 18.0 Å². The molecule has 1 amide bonds. The predicted octanol–water partition coefficient (Wildman–Crippen LogP) is 0.838. The quantitative estimate of drug-likeness (QED) is 0.535. The zero-order valence-electron chi connectivity index (χ0n) is 14.0. The molecule has 1 heterocycles. The Bertz CT molecular complexity index is 680. The van der Waals surface area contributed by atoms with Crippen molar-refractivity contribution in [2.24, 2.45) is 27.2 Å². The van der Waals surface area contributed by atoms with Crippen molar-refractivity contribution in [1.82, 2.24) is 4.90 Å². The smallest absolute Gasteiger partial charge is 0.409 e. The van der Waals surface area contributed by atoms with Gasteiger partial charge in [-0.05, 0) is 25.1 Å². The SMILES string of the molecule is CCOC(=O)N1CCN(c2ccc(N=C(N)N=C(N)N)cc2Cl)CC1. The number of guanidine groups is 2. The highest BCUT2D eigenvalue weighted by Crippen LogP contribution is 2.30. The van der Waals surface area contributed by atoms with Crippen molar-refractivity contribution in [2.75, 3.05) is 37.7 Å². The lowest BCUT2D eigenvalue weighted by Gasteiger charge is -2.35. The number of hydrogen-bond donors (Lipinski definition) is 3. The number of benzene rings is 1.